The van der Waals surface area contributed by atoms with E-state index in [0.717, 1.165) is 5.56 Å². The van der Waals surface area contributed by atoms with E-state index >= 15 is 0 Å². The molecule has 2 aromatic carbocycles. The fourth-order valence-electron chi connectivity index (χ4n) is 3.15. The van der Waals surface area contributed by atoms with Crippen molar-refractivity contribution in [2.45, 2.75) is 13.5 Å². The van der Waals surface area contributed by atoms with Crippen molar-refractivity contribution < 1.29 is 27.5 Å². The third-order valence-electron chi connectivity index (χ3n) is 4.69. The van der Waals surface area contributed by atoms with E-state index in [9.17, 15) is 18.0 Å². The predicted molar refractivity (Wildman–Crippen MR) is 113 cm³/mol. The lowest BCUT2D eigenvalue weighted by Crippen LogP contribution is -2.31. The number of anilines is 1. The monoisotopic (exact) mass is 452 g/mol. The smallest absolute Gasteiger partial charge is 0.251 e. The number of carbonyl (C=O) groups excluding carboxylic acids is 2. The second kappa shape index (κ2) is 8.53. The molecule has 0 aliphatic carbocycles. The fourth-order valence-corrected chi connectivity index (χ4v) is 5.23. The maximum atomic E-state index is 12.6. The van der Waals surface area contributed by atoms with E-state index in [-0.39, 0.29) is 28.6 Å². The number of nitrogens with one attached hydrogen (secondary N) is 1. The van der Waals surface area contributed by atoms with Gasteiger partial charge in [-0.05, 0) is 35.9 Å². The van der Waals surface area contributed by atoms with Crippen LogP contribution in [0.2, 0.25) is 5.02 Å². The van der Waals surface area contributed by atoms with Crippen molar-refractivity contribution in [2.75, 3.05) is 24.3 Å². The van der Waals surface area contributed by atoms with E-state index in [2.05, 4.69) is 5.32 Å². The first-order valence-corrected chi connectivity index (χ1v) is 11.0. The molecular weight excluding hydrogens is 432 g/mol. The number of rotatable bonds is 6. The first-order chi connectivity index (χ1) is 14.2. The number of methoxy groups -OCH3 is 2. The molecule has 10 heteroatoms. The molecule has 1 atom stereocenters. The second-order valence-corrected chi connectivity index (χ2v) is 9.09. The molecule has 1 aliphatic heterocycles. The van der Waals surface area contributed by atoms with Crippen molar-refractivity contribution in [3.05, 3.63) is 52.5 Å². The van der Waals surface area contributed by atoms with E-state index in [1.54, 1.807) is 18.2 Å². The molecule has 0 saturated carbocycles. The van der Waals surface area contributed by atoms with Gasteiger partial charge in [0, 0.05) is 12.1 Å². The van der Waals surface area contributed by atoms with Crippen molar-refractivity contribution in [3.63, 3.8) is 0 Å². The van der Waals surface area contributed by atoms with Gasteiger partial charge in [-0.3, -0.25) is 9.59 Å². The Hall–Kier alpha value is -2.78. The predicted octanol–water partition coefficient (Wildman–Crippen LogP) is 2.60. The highest BCUT2D eigenvalue weighted by atomic mass is 35.5. The summed E-state index contributed by atoms with van der Waals surface area (Å²) in [6.07, 6.45) is 0. The Morgan fingerprint density at radius 3 is 2.47 bits per heavy atom. The highest BCUT2D eigenvalue weighted by Crippen LogP contribution is 2.34. The van der Waals surface area contributed by atoms with Crippen LogP contribution < -0.4 is 19.1 Å². The minimum atomic E-state index is -3.83. The molecule has 0 spiro atoms. The molecule has 1 saturated heterocycles. The normalized spacial score (nSPS) is 17.7. The summed E-state index contributed by atoms with van der Waals surface area (Å²) in [7, 11) is -0.782. The molecule has 30 heavy (non-hydrogen) atoms. The van der Waals surface area contributed by atoms with Crippen molar-refractivity contribution in [1.29, 1.82) is 0 Å². The summed E-state index contributed by atoms with van der Waals surface area (Å²) >= 11 is 6.14. The number of sulfonamides is 1. The number of halogens is 1. The molecule has 1 heterocycles. The van der Waals surface area contributed by atoms with Crippen LogP contribution in [0.3, 0.4) is 0 Å². The van der Waals surface area contributed by atoms with Gasteiger partial charge in [0.1, 0.15) is 0 Å². The number of nitrogens with zero attached hydrogens (tertiary/aromatic N) is 1. The van der Waals surface area contributed by atoms with E-state index in [1.165, 1.54) is 39.3 Å². The number of hydrogen-bond acceptors (Lipinski definition) is 6. The number of amides is 2. The van der Waals surface area contributed by atoms with E-state index < -0.39 is 27.8 Å². The Morgan fingerprint density at radius 1 is 1.17 bits per heavy atom. The summed E-state index contributed by atoms with van der Waals surface area (Å²) < 4.78 is 35.8. The van der Waals surface area contributed by atoms with Gasteiger partial charge in [0.25, 0.3) is 5.91 Å². The topological polar surface area (TPSA) is 102 Å². The number of benzene rings is 2. The maximum Gasteiger partial charge on any atom is 0.251 e. The molecule has 0 bridgehead atoms. The summed E-state index contributed by atoms with van der Waals surface area (Å²) in [6, 6.07) is 9.42. The Labute approximate surface area is 179 Å². The third-order valence-corrected chi connectivity index (χ3v) is 6.86. The van der Waals surface area contributed by atoms with Gasteiger partial charge in [0.05, 0.1) is 36.6 Å². The van der Waals surface area contributed by atoms with Crippen LogP contribution in [0.15, 0.2) is 36.4 Å². The van der Waals surface area contributed by atoms with Crippen molar-refractivity contribution in [3.8, 4) is 11.5 Å². The van der Waals surface area contributed by atoms with Gasteiger partial charge in [0.2, 0.25) is 15.9 Å². The van der Waals surface area contributed by atoms with Crippen LogP contribution in [0.4, 0.5) is 5.69 Å². The first-order valence-electron chi connectivity index (χ1n) is 9.03. The Morgan fingerprint density at radius 2 is 1.87 bits per heavy atom. The zero-order chi connectivity index (χ0) is 22.1. The molecule has 0 aromatic heterocycles. The highest BCUT2D eigenvalue weighted by molar-refractivity contribution is 7.94. The number of carbonyl (C=O) groups is 2. The third kappa shape index (κ3) is 4.22. The molecule has 2 aromatic rings. The molecule has 1 unspecified atom stereocenters. The molecule has 1 fully saturated rings. The molecule has 1 N–H and O–H groups in total. The molecule has 0 radical (unpaired) electrons. The Kier molecular flexibility index (Phi) is 6.23. The van der Waals surface area contributed by atoms with Gasteiger partial charge in [-0.2, -0.15) is 0 Å². The van der Waals surface area contributed by atoms with Crippen molar-refractivity contribution >= 4 is 39.1 Å². The van der Waals surface area contributed by atoms with E-state index in [4.69, 9.17) is 21.1 Å². The zero-order valence-corrected chi connectivity index (χ0v) is 18.2. The van der Waals surface area contributed by atoms with Gasteiger partial charge in [-0.15, -0.1) is 0 Å². The van der Waals surface area contributed by atoms with Gasteiger partial charge < -0.3 is 14.8 Å². The summed E-state index contributed by atoms with van der Waals surface area (Å²) in [4.78, 5) is 25.0. The Bertz CT molecular complexity index is 1100. The van der Waals surface area contributed by atoms with Gasteiger partial charge >= 0.3 is 0 Å². The maximum absolute atomic E-state index is 12.6. The summed E-state index contributed by atoms with van der Waals surface area (Å²) in [6.45, 7) is 1.74. The standard InChI is InChI=1S/C20H21ClN2O6S/c1-12-11-30(26,27)23(20(12)25)16-9-14(5-6-15(16)21)19(24)22-10-13-4-7-17(28-2)18(8-13)29-3/h4-9,12H,10-11H2,1-3H3,(H,22,24). The molecule has 8 nitrogen and oxygen atoms in total. The molecule has 1 aliphatic rings. The number of ether oxygens (including phenoxy) is 2. The highest BCUT2D eigenvalue weighted by Gasteiger charge is 2.43. The summed E-state index contributed by atoms with van der Waals surface area (Å²) in [5.41, 5.74) is 0.934. The average Bonchev–Trinajstić information content (AvgIpc) is 2.92. The van der Waals surface area contributed by atoms with Crippen LogP contribution in [0.1, 0.15) is 22.8 Å². The first kappa shape index (κ1) is 21.9. The van der Waals surface area contributed by atoms with Crippen LogP contribution in [0, 0.1) is 5.92 Å². The fraction of sp³-hybridized carbons (Fsp3) is 0.300. The zero-order valence-electron chi connectivity index (χ0n) is 16.6. The van der Waals surface area contributed by atoms with Gasteiger partial charge in [-0.1, -0.05) is 24.6 Å². The lowest BCUT2D eigenvalue weighted by Gasteiger charge is -2.18. The second-order valence-electron chi connectivity index (χ2n) is 6.82. The molecule has 160 valence electrons. The van der Waals surface area contributed by atoms with Crippen LogP contribution in [0.25, 0.3) is 0 Å². The lowest BCUT2D eigenvalue weighted by molar-refractivity contribution is -0.119. The molecule has 2 amide bonds. The van der Waals surface area contributed by atoms with Gasteiger partial charge in [0.15, 0.2) is 11.5 Å². The molecule has 3 rings (SSSR count). The van der Waals surface area contributed by atoms with Crippen molar-refractivity contribution in [2.24, 2.45) is 5.92 Å². The minimum Gasteiger partial charge on any atom is -0.493 e. The average molecular weight is 453 g/mol. The lowest BCUT2D eigenvalue weighted by atomic mass is 10.1. The van der Waals surface area contributed by atoms with Crippen LogP contribution in [-0.4, -0.2) is 40.2 Å². The minimum absolute atomic E-state index is 0.0233. The molecular formula is C20H21ClN2O6S. The SMILES string of the molecule is COc1ccc(CNC(=O)c2ccc(Cl)c(N3C(=O)C(C)CS3(=O)=O)c2)cc1OC. The quantitative estimate of drug-likeness (QED) is 0.722. The largest absolute Gasteiger partial charge is 0.493 e. The summed E-state index contributed by atoms with van der Waals surface area (Å²) in [5, 5.41) is 2.82. The van der Waals surface area contributed by atoms with Crippen molar-refractivity contribution in [1.82, 2.24) is 5.32 Å². The van der Waals surface area contributed by atoms with E-state index in [1.807, 2.05) is 0 Å². The van der Waals surface area contributed by atoms with Crippen LogP contribution in [-0.2, 0) is 21.4 Å². The summed E-state index contributed by atoms with van der Waals surface area (Å²) in [5.74, 6) is -0.878. The van der Waals surface area contributed by atoms with Crippen LogP contribution >= 0.6 is 11.6 Å². The number of hydrogen-bond donors (Lipinski definition) is 1. The van der Waals surface area contributed by atoms with E-state index in [0.29, 0.717) is 15.8 Å². The van der Waals surface area contributed by atoms with Crippen LogP contribution in [0.5, 0.6) is 11.5 Å². The Balaban J connectivity index is 1.81. The van der Waals surface area contributed by atoms with Gasteiger partial charge in [-0.25, -0.2) is 12.7 Å².